The highest BCUT2D eigenvalue weighted by Crippen LogP contribution is 2.34. The molecule has 104 valence electrons. The van der Waals surface area contributed by atoms with Crippen molar-refractivity contribution in [3.8, 4) is 0 Å². The Bertz CT molecular complexity index is 450. The summed E-state index contributed by atoms with van der Waals surface area (Å²) in [4.78, 5) is 18.7. The van der Waals surface area contributed by atoms with Gasteiger partial charge in [0.1, 0.15) is 11.5 Å². The van der Waals surface area contributed by atoms with Crippen LogP contribution in [0.5, 0.6) is 0 Å². The number of piperidine rings is 1. The Balaban J connectivity index is 2.05. The van der Waals surface area contributed by atoms with Gasteiger partial charge >= 0.3 is 0 Å². The summed E-state index contributed by atoms with van der Waals surface area (Å²) in [7, 11) is 1.81. The van der Waals surface area contributed by atoms with Crippen molar-refractivity contribution in [1.29, 1.82) is 0 Å². The fourth-order valence-corrected chi connectivity index (χ4v) is 2.46. The van der Waals surface area contributed by atoms with Crippen molar-refractivity contribution in [2.75, 3.05) is 25.5 Å². The molecule has 4 nitrogen and oxygen atoms in total. The molecule has 0 radical (unpaired) electrons. The Morgan fingerprint density at radius 1 is 1.42 bits per heavy atom. The molecule has 1 N–H and O–H groups in total. The molecule has 1 aromatic heterocycles. The van der Waals surface area contributed by atoms with Crippen molar-refractivity contribution < 1.29 is 4.79 Å². The molecule has 1 aliphatic heterocycles. The lowest BCUT2D eigenvalue weighted by molar-refractivity contribution is 0.0595. The van der Waals surface area contributed by atoms with Gasteiger partial charge in [0.05, 0.1) is 0 Å². The molecule has 0 bridgehead atoms. The normalized spacial score (nSPS) is 18.2. The fourth-order valence-electron chi connectivity index (χ4n) is 2.46. The summed E-state index contributed by atoms with van der Waals surface area (Å²) in [6, 6.07) is 5.52. The molecule has 0 aromatic carbocycles. The van der Waals surface area contributed by atoms with E-state index in [4.69, 9.17) is 0 Å². The summed E-state index contributed by atoms with van der Waals surface area (Å²) < 4.78 is 0. The van der Waals surface area contributed by atoms with Gasteiger partial charge in [0, 0.05) is 20.1 Å². The van der Waals surface area contributed by atoms with E-state index in [2.05, 4.69) is 24.1 Å². The Morgan fingerprint density at radius 2 is 2.11 bits per heavy atom. The van der Waals surface area contributed by atoms with Crippen molar-refractivity contribution in [3.05, 3.63) is 23.9 Å². The van der Waals surface area contributed by atoms with Gasteiger partial charge in [-0.25, -0.2) is 4.98 Å². The molecule has 0 atom stereocenters. The highest BCUT2D eigenvalue weighted by atomic mass is 16.2. The van der Waals surface area contributed by atoms with Gasteiger partial charge < -0.3 is 10.2 Å². The zero-order chi connectivity index (χ0) is 13.9. The maximum Gasteiger partial charge on any atom is 0.272 e. The predicted octanol–water partition coefficient (Wildman–Crippen LogP) is 2.78. The highest BCUT2D eigenvalue weighted by Gasteiger charge is 2.30. The Labute approximate surface area is 115 Å². The summed E-state index contributed by atoms with van der Waals surface area (Å²) in [5.41, 5.74) is 0.934. The van der Waals surface area contributed by atoms with Crippen LogP contribution in [-0.4, -0.2) is 35.9 Å². The van der Waals surface area contributed by atoms with Gasteiger partial charge in [-0.2, -0.15) is 0 Å². The van der Waals surface area contributed by atoms with Gasteiger partial charge in [0.2, 0.25) is 0 Å². The molecule has 4 heteroatoms. The number of carbonyl (C=O) groups excluding carboxylic acids is 1. The number of nitrogens with one attached hydrogen (secondary N) is 1. The van der Waals surface area contributed by atoms with Crippen molar-refractivity contribution >= 4 is 11.7 Å². The lowest BCUT2D eigenvalue weighted by Gasteiger charge is -2.38. The van der Waals surface area contributed by atoms with Crippen LogP contribution in [0.1, 0.15) is 43.6 Å². The van der Waals surface area contributed by atoms with E-state index in [1.165, 1.54) is 6.42 Å². The average Bonchev–Trinajstić information content (AvgIpc) is 2.47. The van der Waals surface area contributed by atoms with E-state index < -0.39 is 0 Å². The summed E-state index contributed by atoms with van der Waals surface area (Å²) in [6.45, 7) is 6.23. The monoisotopic (exact) mass is 261 g/mol. The van der Waals surface area contributed by atoms with Crippen LogP contribution in [0.15, 0.2) is 18.2 Å². The molecule has 19 heavy (non-hydrogen) atoms. The SMILES string of the molecule is CCC1(C)CCN(C(=O)c2cccc(NC)n2)CC1. The first kappa shape index (κ1) is 13.8. The van der Waals surface area contributed by atoms with Gasteiger partial charge in [0.15, 0.2) is 0 Å². The van der Waals surface area contributed by atoms with Gasteiger partial charge in [-0.1, -0.05) is 26.3 Å². The number of hydrogen-bond acceptors (Lipinski definition) is 3. The largest absolute Gasteiger partial charge is 0.373 e. The van der Waals surface area contributed by atoms with Crippen LogP contribution in [0.2, 0.25) is 0 Å². The van der Waals surface area contributed by atoms with E-state index >= 15 is 0 Å². The standard InChI is InChI=1S/C15H23N3O/c1-4-15(2)8-10-18(11-9-15)14(19)12-6-5-7-13(16-3)17-12/h5-7H,4,8-11H2,1-3H3,(H,16,17). The van der Waals surface area contributed by atoms with Crippen LogP contribution in [0.3, 0.4) is 0 Å². The first-order valence-corrected chi connectivity index (χ1v) is 7.02. The molecule has 0 unspecified atom stereocenters. The lowest BCUT2D eigenvalue weighted by atomic mass is 9.78. The first-order valence-electron chi connectivity index (χ1n) is 7.02. The van der Waals surface area contributed by atoms with Gasteiger partial charge in [-0.05, 0) is 30.4 Å². The molecule has 2 heterocycles. The molecule has 0 spiro atoms. The number of carbonyl (C=O) groups is 1. The fraction of sp³-hybridized carbons (Fsp3) is 0.600. The summed E-state index contributed by atoms with van der Waals surface area (Å²) in [5.74, 6) is 0.788. The number of hydrogen-bond donors (Lipinski definition) is 1. The summed E-state index contributed by atoms with van der Waals surface area (Å²) in [5, 5.41) is 2.97. The molecule has 2 rings (SSSR count). The topological polar surface area (TPSA) is 45.2 Å². The molecule has 1 amide bonds. The molecule has 0 saturated carbocycles. The Hall–Kier alpha value is -1.58. The molecule has 1 aliphatic rings. The Kier molecular flexibility index (Phi) is 4.08. The second kappa shape index (κ2) is 5.59. The summed E-state index contributed by atoms with van der Waals surface area (Å²) in [6.07, 6.45) is 3.35. The number of amides is 1. The van der Waals surface area contributed by atoms with Gasteiger partial charge in [-0.3, -0.25) is 4.79 Å². The molecule has 0 aliphatic carbocycles. The van der Waals surface area contributed by atoms with E-state index in [1.54, 1.807) is 6.07 Å². The Morgan fingerprint density at radius 3 is 2.68 bits per heavy atom. The minimum Gasteiger partial charge on any atom is -0.373 e. The maximum atomic E-state index is 12.4. The summed E-state index contributed by atoms with van der Waals surface area (Å²) >= 11 is 0. The first-order chi connectivity index (χ1) is 9.08. The minimum absolute atomic E-state index is 0.0512. The van der Waals surface area contributed by atoms with Crippen LogP contribution in [-0.2, 0) is 0 Å². The maximum absolute atomic E-state index is 12.4. The number of rotatable bonds is 3. The van der Waals surface area contributed by atoms with Crippen molar-refractivity contribution in [2.45, 2.75) is 33.1 Å². The van der Waals surface area contributed by atoms with Crippen LogP contribution >= 0.6 is 0 Å². The third-order valence-electron chi connectivity index (χ3n) is 4.34. The van der Waals surface area contributed by atoms with E-state index in [9.17, 15) is 4.79 Å². The molecular weight excluding hydrogens is 238 g/mol. The van der Waals surface area contributed by atoms with E-state index in [-0.39, 0.29) is 5.91 Å². The van der Waals surface area contributed by atoms with Crippen LogP contribution in [0.4, 0.5) is 5.82 Å². The molecular formula is C15H23N3O. The lowest BCUT2D eigenvalue weighted by Crippen LogP contribution is -2.42. The van der Waals surface area contributed by atoms with Gasteiger partial charge in [0.25, 0.3) is 5.91 Å². The second-order valence-corrected chi connectivity index (χ2v) is 5.61. The van der Waals surface area contributed by atoms with Crippen LogP contribution in [0, 0.1) is 5.41 Å². The van der Waals surface area contributed by atoms with E-state index in [0.717, 1.165) is 31.7 Å². The zero-order valence-corrected chi connectivity index (χ0v) is 12.1. The van der Waals surface area contributed by atoms with Crippen molar-refractivity contribution in [2.24, 2.45) is 5.41 Å². The smallest absolute Gasteiger partial charge is 0.272 e. The van der Waals surface area contributed by atoms with Crippen LogP contribution in [0.25, 0.3) is 0 Å². The zero-order valence-electron chi connectivity index (χ0n) is 12.1. The van der Waals surface area contributed by atoms with Crippen LogP contribution < -0.4 is 5.32 Å². The third kappa shape index (κ3) is 3.06. The average molecular weight is 261 g/mol. The number of nitrogens with zero attached hydrogens (tertiary/aromatic N) is 2. The number of pyridine rings is 1. The third-order valence-corrected chi connectivity index (χ3v) is 4.34. The van der Waals surface area contributed by atoms with E-state index in [1.807, 2.05) is 24.1 Å². The van der Waals surface area contributed by atoms with Crippen molar-refractivity contribution in [1.82, 2.24) is 9.88 Å². The molecule has 1 fully saturated rings. The number of likely N-dealkylation sites (tertiary alicyclic amines) is 1. The van der Waals surface area contributed by atoms with E-state index in [0.29, 0.717) is 11.1 Å². The number of aromatic nitrogens is 1. The predicted molar refractivity (Wildman–Crippen MR) is 77.3 cm³/mol. The van der Waals surface area contributed by atoms with Gasteiger partial charge in [-0.15, -0.1) is 0 Å². The molecule has 1 saturated heterocycles. The second-order valence-electron chi connectivity index (χ2n) is 5.61. The number of anilines is 1. The van der Waals surface area contributed by atoms with Crippen molar-refractivity contribution in [3.63, 3.8) is 0 Å². The quantitative estimate of drug-likeness (QED) is 0.910. The molecule has 1 aromatic rings. The highest BCUT2D eigenvalue weighted by molar-refractivity contribution is 5.92. The minimum atomic E-state index is 0.0512.